The molecule has 0 unspecified atom stereocenters. The lowest BCUT2D eigenvalue weighted by Gasteiger charge is -2.19. The minimum atomic E-state index is -1.05. The summed E-state index contributed by atoms with van der Waals surface area (Å²) >= 11 is 0. The van der Waals surface area contributed by atoms with Gasteiger partial charge in [0, 0.05) is 32.3 Å². The lowest BCUT2D eigenvalue weighted by molar-refractivity contribution is 0.668. The maximum atomic E-state index is 9.90. The highest BCUT2D eigenvalue weighted by Crippen LogP contribution is 2.51. The average Bonchev–Trinajstić information content (AvgIpc) is 1.43. The molecule has 554 valence electrons. The van der Waals surface area contributed by atoms with Crippen molar-refractivity contribution in [2.24, 2.45) is 0 Å². The Morgan fingerprint density at radius 1 is 0.126 bits per heavy atom. The second-order valence-corrected chi connectivity index (χ2v) is 25.5. The van der Waals surface area contributed by atoms with Gasteiger partial charge in [0.15, 0.2) is 0 Å². The number of rotatable bonds is 8. The van der Waals surface area contributed by atoms with Gasteiger partial charge in [-0.25, -0.2) is 0 Å². The van der Waals surface area contributed by atoms with Gasteiger partial charge in [0.05, 0.1) is 98.7 Å². The van der Waals surface area contributed by atoms with E-state index in [1.165, 1.54) is 0 Å². The Balaban J connectivity index is 0.000000149. The molecule has 3 aromatic heterocycles. The monoisotopic (exact) mass is 1590 g/mol. The highest BCUT2D eigenvalue weighted by molar-refractivity contribution is 6.27. The topological polar surface area (TPSA) is 39.4 Å². The van der Waals surface area contributed by atoms with Crippen LogP contribution in [0, 0.1) is 0 Å². The van der Waals surface area contributed by atoms with Crippen LogP contribution in [-0.2, 0) is 0 Å². The third-order valence-corrected chi connectivity index (χ3v) is 19.2. The van der Waals surface area contributed by atoms with Crippen LogP contribution in [0.5, 0.6) is 0 Å². The van der Waals surface area contributed by atoms with Crippen LogP contribution in [-0.4, -0.2) is 0 Å². The fraction of sp³-hybridized carbons (Fsp3) is 0. The van der Waals surface area contributed by atoms with E-state index in [1.807, 2.05) is 0 Å². The molecule has 0 radical (unpaired) electrons. The summed E-state index contributed by atoms with van der Waals surface area (Å²) in [6.07, 6.45) is 0. The number of furan rings is 3. The highest BCUT2D eigenvalue weighted by atomic mass is 16.3. The van der Waals surface area contributed by atoms with E-state index in [-0.39, 0.29) is 5.39 Å². The molecule has 0 amide bonds. The molecule has 0 aliphatic rings. The number of hydrogen-bond donors (Lipinski definition) is 0. The SMILES string of the molecule is [2H]c1c([2H])c([2H])c(-c2c([2H])c(-c3c4c([2H])c([2H])c([2H])c([2H])c4c(-c4c([2H])c([2H])c5oc6c([2H])c([2H])c([2H])c([2H])c6c5c4[2H])c4c([2H])c([2H])c([2H])c([2H])c34)c([2H])c3c([2H])c([2H])c([2H])c([2H])c23)c([2H])c1[2H].[2H]c1c([2H])c([2H])c(-c2c([2H])c([2H])c(-c3c4c([2H])c([2H])c([2H])c([2H])c4c(-c4c([2H])c([2H])c5oc6c([2H])c([2H])c([2H])c([2H])c6c5c4[2H])c4c([2H])c([2H])c([2H])c([2H])c34)c([2H])c2[2H])c([2H])c1[2H].[2H]c1c([2H])c([2H])c2c(oc3c([2H])c([2H])c(-c4c5c([2H])c([2H])c([2H])c([2H])c5c(-c5c([2H])c([2H])c([2H])c6c([2H])c([2H])c([2H])c([2H])c56)c5c([2H])c([2H])c([2H])c([2H])c45)c([2H])c32)c1[2H]. The molecule has 0 bridgehead atoms. The van der Waals surface area contributed by atoms with Gasteiger partial charge in [-0.05, 0) is 242 Å². The van der Waals surface area contributed by atoms with Crippen LogP contribution >= 0.6 is 0 Å². The van der Waals surface area contributed by atoms with Crippen molar-refractivity contribution in [3.05, 3.63) is 435 Å². The van der Waals surface area contributed by atoms with Crippen molar-refractivity contribution in [2.75, 3.05) is 0 Å². The van der Waals surface area contributed by atoms with Gasteiger partial charge in [0.1, 0.15) is 33.5 Å². The molecule has 22 aromatic carbocycles. The van der Waals surface area contributed by atoms with Gasteiger partial charge in [-0.1, -0.05) is 369 Å². The van der Waals surface area contributed by atoms with Crippen molar-refractivity contribution in [2.45, 2.75) is 0 Å². The average molecular weight is 1590 g/mol. The zero-order valence-corrected chi connectivity index (χ0v) is 59.2. The minimum Gasteiger partial charge on any atom is -0.456 e. The molecular weight excluding hydrogens is 1440 g/mol. The van der Waals surface area contributed by atoms with Crippen molar-refractivity contribution >= 4 is 152 Å². The molecule has 0 aliphatic heterocycles. The summed E-state index contributed by atoms with van der Waals surface area (Å²) in [4.78, 5) is 0. The summed E-state index contributed by atoms with van der Waals surface area (Å²) in [5, 5.41) is -13.3. The summed E-state index contributed by atoms with van der Waals surface area (Å²) in [6, 6.07) is -63.7. The second kappa shape index (κ2) is 28.7. The minimum absolute atomic E-state index is 0.377. The molecule has 0 atom stereocenters. The molecular formula is C116H72O3. The van der Waals surface area contributed by atoms with Crippen LogP contribution in [0.2, 0.25) is 0 Å². The Morgan fingerprint density at radius 2 is 0.378 bits per heavy atom. The number of fused-ring (bicyclic) bond motifs is 17. The first-order valence-corrected chi connectivity index (χ1v) is 35.0. The summed E-state index contributed by atoms with van der Waals surface area (Å²) in [5.41, 5.74) is -14.6. The Hall–Kier alpha value is -15.7. The molecule has 25 aromatic rings. The quantitative estimate of drug-likeness (QED) is 0.142. The van der Waals surface area contributed by atoms with Gasteiger partial charge in [0.2, 0.25) is 0 Å². The predicted molar refractivity (Wildman–Crippen MR) is 505 cm³/mol. The number of benzene rings is 22. The van der Waals surface area contributed by atoms with Crippen molar-refractivity contribution in [3.8, 4) is 89.0 Å². The van der Waals surface area contributed by atoms with E-state index in [0.29, 0.717) is 0 Å². The zero-order valence-electron chi connectivity index (χ0n) is 131. The normalized spacial score (nSPS) is 20.2. The van der Waals surface area contributed by atoms with E-state index < -0.39 is 671 Å². The van der Waals surface area contributed by atoms with Gasteiger partial charge in [0.25, 0.3) is 0 Å². The van der Waals surface area contributed by atoms with E-state index in [0.717, 1.165) is 0 Å². The van der Waals surface area contributed by atoms with Gasteiger partial charge in [-0.3, -0.25) is 0 Å². The molecule has 0 N–H and O–H groups in total. The number of para-hydroxylation sites is 3. The molecule has 3 heteroatoms. The van der Waals surface area contributed by atoms with Gasteiger partial charge >= 0.3 is 0 Å². The second-order valence-electron chi connectivity index (χ2n) is 25.5. The molecule has 0 saturated heterocycles. The van der Waals surface area contributed by atoms with Crippen molar-refractivity contribution < 1.29 is 112 Å². The summed E-state index contributed by atoms with van der Waals surface area (Å²) in [6.45, 7) is 0. The van der Waals surface area contributed by atoms with Gasteiger partial charge < -0.3 is 13.3 Å². The zero-order chi connectivity index (χ0) is 141. The summed E-state index contributed by atoms with van der Waals surface area (Å²) < 4.78 is 655. The molecule has 3 nitrogen and oxygen atoms in total. The number of hydrogen-bond acceptors (Lipinski definition) is 3. The molecule has 119 heavy (non-hydrogen) atoms. The lowest BCUT2D eigenvalue weighted by atomic mass is 9.84. The molecule has 0 aliphatic carbocycles. The standard InChI is InChI=1S/C42H26O.C38H24O.C36H22O/c1-2-12-27(13-3-1)37-26-30(24-28-14-4-5-15-31(28)37)42-35-19-8-6-17-33(35)41(34-18-7-9-20-36(34)42)29-22-23-40-38(25-29)32-16-10-11-21-39(32)43-40;1-2-10-25(11-3-1)26-18-20-27(21-19-26)37-30-13-4-6-15-32(30)38(33-16-7-5-14-31(33)37)28-22-23-36-34(24-28)29-12-8-9-17-35(29)39-36;1-2-12-25-23(10-1)11-9-18-27(25)36-30-16-5-3-14-28(30)35(29-15-4-6-17-31(29)36)24-20-21-34-32(22-24)26-13-7-8-19-33(26)37-34/h1-26H;1-24H;1-22H/i1D,2D,3D,4D,5D,6D,7D,8D,9D,10D,11D,12D,13D,14D,15D,16D,17D,18D,19D,20D,21D,22D,23D,24D,25D,26D;1D,2D,3D,4D,5D,6D,7D,8D,9D,10D,11D,12D,13D,14D,15D,16D,17D,18D,19D,20D,21D,22D,23D,24D;1D,2D,3D,4D,5D,6D,7D,8D,9D,10D,11D,12D,13D,14D,15D,16D,17D,18D,19D,20D,21D,22D. The third kappa shape index (κ3) is 11.7. The first kappa shape index (κ1) is 27.8. The van der Waals surface area contributed by atoms with Gasteiger partial charge in [-0.15, -0.1) is 0 Å². The molecule has 25 rings (SSSR count). The maximum absolute atomic E-state index is 9.90. The van der Waals surface area contributed by atoms with Crippen LogP contribution in [0.1, 0.15) is 98.7 Å². The summed E-state index contributed by atoms with van der Waals surface area (Å²) in [5.74, 6) is 0. The predicted octanol–water partition coefficient (Wildman–Crippen LogP) is 33.3. The van der Waals surface area contributed by atoms with E-state index in [1.54, 1.807) is 0 Å². The first-order chi connectivity index (χ1) is 89.0. The van der Waals surface area contributed by atoms with Crippen molar-refractivity contribution in [3.63, 3.8) is 0 Å². The van der Waals surface area contributed by atoms with E-state index in [4.69, 9.17) is 81.8 Å². The molecule has 3 heterocycles. The van der Waals surface area contributed by atoms with E-state index >= 15 is 0 Å². The van der Waals surface area contributed by atoms with Crippen LogP contribution in [0.15, 0.2) is 448 Å². The molecule has 0 fully saturated rings. The Morgan fingerprint density at radius 3 is 0.765 bits per heavy atom. The molecule has 0 spiro atoms. The van der Waals surface area contributed by atoms with Gasteiger partial charge in [-0.2, -0.15) is 0 Å². The van der Waals surface area contributed by atoms with E-state index in [2.05, 4.69) is 0 Å². The highest BCUT2D eigenvalue weighted by Gasteiger charge is 2.24. The largest absolute Gasteiger partial charge is 0.456 e. The van der Waals surface area contributed by atoms with Crippen LogP contribution < -0.4 is 0 Å². The van der Waals surface area contributed by atoms with Crippen molar-refractivity contribution in [1.82, 2.24) is 0 Å². The molecule has 0 saturated carbocycles. The smallest absolute Gasteiger partial charge is 0.135 e. The van der Waals surface area contributed by atoms with Crippen LogP contribution in [0.4, 0.5) is 0 Å². The first-order valence-electron chi connectivity index (χ1n) is 71.0. The maximum Gasteiger partial charge on any atom is 0.135 e. The Bertz CT molecular complexity index is 12700. The summed E-state index contributed by atoms with van der Waals surface area (Å²) in [7, 11) is 0. The van der Waals surface area contributed by atoms with Crippen LogP contribution in [0.25, 0.3) is 241 Å². The Labute approximate surface area is 787 Å². The fourth-order valence-corrected chi connectivity index (χ4v) is 14.2. The fourth-order valence-electron chi connectivity index (χ4n) is 14.2. The lowest BCUT2D eigenvalue weighted by Crippen LogP contribution is -1.92. The van der Waals surface area contributed by atoms with E-state index in [9.17, 15) is 30.2 Å². The Kier molecular flexibility index (Phi) is 6.70. The van der Waals surface area contributed by atoms with Crippen LogP contribution in [0.3, 0.4) is 0 Å². The third-order valence-electron chi connectivity index (χ3n) is 19.2. The van der Waals surface area contributed by atoms with Crippen molar-refractivity contribution in [1.29, 1.82) is 0 Å².